The standard InChI is InChI=1S/C16H18N2O/c1-10-5-11(2)14(12(3)6-10)7-16(19)15-9-17-13(4)8-18-15/h5-6,8-9H,7H2,1-4H3. The van der Waals surface area contributed by atoms with Crippen LogP contribution in [-0.2, 0) is 6.42 Å². The molecule has 3 nitrogen and oxygen atoms in total. The summed E-state index contributed by atoms with van der Waals surface area (Å²) in [7, 11) is 0. The third-order valence-corrected chi connectivity index (χ3v) is 3.24. The van der Waals surface area contributed by atoms with Gasteiger partial charge in [0, 0.05) is 12.6 Å². The zero-order chi connectivity index (χ0) is 14.0. The van der Waals surface area contributed by atoms with E-state index in [1.807, 2.05) is 20.8 Å². The van der Waals surface area contributed by atoms with Crippen LogP contribution in [0.1, 0.15) is 38.4 Å². The number of benzene rings is 1. The highest BCUT2D eigenvalue weighted by atomic mass is 16.1. The van der Waals surface area contributed by atoms with E-state index in [4.69, 9.17) is 0 Å². The average Bonchev–Trinajstić information content (AvgIpc) is 2.34. The Kier molecular flexibility index (Phi) is 3.74. The molecule has 3 heteroatoms. The topological polar surface area (TPSA) is 42.9 Å². The van der Waals surface area contributed by atoms with Gasteiger partial charge in [-0.2, -0.15) is 0 Å². The summed E-state index contributed by atoms with van der Waals surface area (Å²) in [6.45, 7) is 8.01. The molecule has 0 aliphatic heterocycles. The number of aryl methyl sites for hydroxylation is 4. The molecule has 1 aromatic carbocycles. The van der Waals surface area contributed by atoms with Gasteiger partial charge in [0.25, 0.3) is 0 Å². The van der Waals surface area contributed by atoms with E-state index in [1.54, 1.807) is 12.4 Å². The lowest BCUT2D eigenvalue weighted by molar-refractivity contribution is 0.0987. The molecule has 98 valence electrons. The molecule has 0 bridgehead atoms. The lowest BCUT2D eigenvalue weighted by atomic mass is 9.95. The maximum absolute atomic E-state index is 12.2. The second-order valence-corrected chi connectivity index (χ2v) is 5.02. The van der Waals surface area contributed by atoms with Crippen molar-refractivity contribution in [3.8, 4) is 0 Å². The molecule has 1 heterocycles. The summed E-state index contributed by atoms with van der Waals surface area (Å²) in [5.74, 6) is 0.0163. The van der Waals surface area contributed by atoms with Crippen molar-refractivity contribution in [1.82, 2.24) is 9.97 Å². The summed E-state index contributed by atoms with van der Waals surface area (Å²) in [5.41, 5.74) is 5.89. The highest BCUT2D eigenvalue weighted by molar-refractivity contribution is 5.95. The molecule has 0 atom stereocenters. The maximum atomic E-state index is 12.2. The summed E-state index contributed by atoms with van der Waals surface area (Å²) in [5, 5.41) is 0. The van der Waals surface area contributed by atoms with Crippen molar-refractivity contribution in [3.05, 3.63) is 58.2 Å². The highest BCUT2D eigenvalue weighted by Gasteiger charge is 2.12. The van der Waals surface area contributed by atoms with E-state index >= 15 is 0 Å². The largest absolute Gasteiger partial charge is 0.292 e. The van der Waals surface area contributed by atoms with Gasteiger partial charge in [0.1, 0.15) is 5.69 Å². The first-order valence-corrected chi connectivity index (χ1v) is 6.36. The molecule has 0 unspecified atom stereocenters. The van der Waals surface area contributed by atoms with Crippen molar-refractivity contribution < 1.29 is 4.79 Å². The number of ketones is 1. The average molecular weight is 254 g/mol. The van der Waals surface area contributed by atoms with Crippen LogP contribution in [0.25, 0.3) is 0 Å². The van der Waals surface area contributed by atoms with Crippen LogP contribution >= 0.6 is 0 Å². The van der Waals surface area contributed by atoms with Gasteiger partial charge in [-0.05, 0) is 44.4 Å². The van der Waals surface area contributed by atoms with Crippen LogP contribution in [0.2, 0.25) is 0 Å². The van der Waals surface area contributed by atoms with Crippen LogP contribution in [0, 0.1) is 27.7 Å². The zero-order valence-corrected chi connectivity index (χ0v) is 11.8. The fourth-order valence-corrected chi connectivity index (χ4v) is 2.28. The van der Waals surface area contributed by atoms with Gasteiger partial charge in [-0.1, -0.05) is 17.7 Å². The van der Waals surface area contributed by atoms with Crippen molar-refractivity contribution in [2.75, 3.05) is 0 Å². The predicted molar refractivity (Wildman–Crippen MR) is 75.5 cm³/mol. The van der Waals surface area contributed by atoms with Crippen LogP contribution in [-0.4, -0.2) is 15.8 Å². The number of Topliss-reactive ketones (excluding diaryl/α,β-unsaturated/α-hetero) is 1. The minimum atomic E-state index is 0.0163. The molecule has 0 saturated carbocycles. The number of carbonyl (C=O) groups excluding carboxylic acids is 1. The molecule has 0 fully saturated rings. The lowest BCUT2D eigenvalue weighted by Crippen LogP contribution is -2.09. The Balaban J connectivity index is 2.26. The molecule has 1 aromatic heterocycles. The lowest BCUT2D eigenvalue weighted by Gasteiger charge is -2.10. The van der Waals surface area contributed by atoms with Crippen LogP contribution in [0.5, 0.6) is 0 Å². The Hall–Kier alpha value is -2.03. The third kappa shape index (κ3) is 3.05. The molecule has 2 rings (SSSR count). The fourth-order valence-electron chi connectivity index (χ4n) is 2.28. The van der Waals surface area contributed by atoms with Gasteiger partial charge in [-0.25, -0.2) is 4.98 Å². The normalized spacial score (nSPS) is 10.5. The summed E-state index contributed by atoms with van der Waals surface area (Å²) in [4.78, 5) is 20.5. The molecular weight excluding hydrogens is 236 g/mol. The van der Waals surface area contributed by atoms with Gasteiger partial charge < -0.3 is 0 Å². The van der Waals surface area contributed by atoms with Crippen molar-refractivity contribution >= 4 is 5.78 Å². The number of hydrogen-bond donors (Lipinski definition) is 0. The van der Waals surface area contributed by atoms with E-state index < -0.39 is 0 Å². The summed E-state index contributed by atoms with van der Waals surface area (Å²) in [6.07, 6.45) is 3.56. The molecule has 0 spiro atoms. The van der Waals surface area contributed by atoms with Gasteiger partial charge in [0.05, 0.1) is 11.9 Å². The first-order valence-electron chi connectivity index (χ1n) is 6.36. The Morgan fingerprint density at radius 1 is 1.00 bits per heavy atom. The second kappa shape index (κ2) is 5.31. The minimum absolute atomic E-state index is 0.0163. The van der Waals surface area contributed by atoms with Crippen molar-refractivity contribution in [2.45, 2.75) is 34.1 Å². The molecule has 0 radical (unpaired) electrons. The van der Waals surface area contributed by atoms with Crippen molar-refractivity contribution in [3.63, 3.8) is 0 Å². The number of carbonyl (C=O) groups is 1. The summed E-state index contributed by atoms with van der Waals surface area (Å²) in [6, 6.07) is 4.22. The zero-order valence-electron chi connectivity index (χ0n) is 11.8. The number of rotatable bonds is 3. The molecule has 0 N–H and O–H groups in total. The third-order valence-electron chi connectivity index (χ3n) is 3.24. The Labute approximate surface area is 113 Å². The van der Waals surface area contributed by atoms with Crippen LogP contribution < -0.4 is 0 Å². The van der Waals surface area contributed by atoms with E-state index in [1.165, 1.54) is 5.56 Å². The van der Waals surface area contributed by atoms with E-state index in [2.05, 4.69) is 29.0 Å². The van der Waals surface area contributed by atoms with E-state index in [0.29, 0.717) is 12.1 Å². The predicted octanol–water partition coefficient (Wildman–Crippen LogP) is 3.14. The molecule has 0 aliphatic carbocycles. The highest BCUT2D eigenvalue weighted by Crippen LogP contribution is 2.18. The Morgan fingerprint density at radius 3 is 2.16 bits per heavy atom. The van der Waals surface area contributed by atoms with Crippen LogP contribution in [0.4, 0.5) is 0 Å². The summed E-state index contributed by atoms with van der Waals surface area (Å²) >= 11 is 0. The quantitative estimate of drug-likeness (QED) is 0.790. The minimum Gasteiger partial charge on any atom is -0.292 e. The first-order chi connectivity index (χ1) is 8.97. The fraction of sp³-hybridized carbons (Fsp3) is 0.312. The monoisotopic (exact) mass is 254 g/mol. The smallest absolute Gasteiger partial charge is 0.187 e. The van der Waals surface area contributed by atoms with Gasteiger partial charge in [0.15, 0.2) is 5.78 Å². The molecule has 0 amide bonds. The first kappa shape index (κ1) is 13.4. The van der Waals surface area contributed by atoms with Crippen molar-refractivity contribution in [1.29, 1.82) is 0 Å². The van der Waals surface area contributed by atoms with E-state index in [0.717, 1.165) is 22.4 Å². The maximum Gasteiger partial charge on any atom is 0.187 e. The number of hydrogen-bond acceptors (Lipinski definition) is 3. The van der Waals surface area contributed by atoms with E-state index in [-0.39, 0.29) is 5.78 Å². The molecule has 19 heavy (non-hydrogen) atoms. The molecule has 2 aromatic rings. The van der Waals surface area contributed by atoms with E-state index in [9.17, 15) is 4.79 Å². The Bertz CT molecular complexity index is 592. The molecule has 0 aliphatic rings. The molecular formula is C16H18N2O. The van der Waals surface area contributed by atoms with Crippen molar-refractivity contribution in [2.24, 2.45) is 0 Å². The number of aromatic nitrogens is 2. The van der Waals surface area contributed by atoms with Gasteiger partial charge in [-0.3, -0.25) is 9.78 Å². The van der Waals surface area contributed by atoms with Crippen LogP contribution in [0.3, 0.4) is 0 Å². The summed E-state index contributed by atoms with van der Waals surface area (Å²) < 4.78 is 0. The van der Waals surface area contributed by atoms with Gasteiger partial charge >= 0.3 is 0 Å². The van der Waals surface area contributed by atoms with Crippen LogP contribution in [0.15, 0.2) is 24.5 Å². The molecule has 0 saturated heterocycles. The van der Waals surface area contributed by atoms with Gasteiger partial charge in [-0.15, -0.1) is 0 Å². The van der Waals surface area contributed by atoms with Gasteiger partial charge in [0.2, 0.25) is 0 Å². The Morgan fingerprint density at radius 2 is 1.63 bits per heavy atom. The second-order valence-electron chi connectivity index (χ2n) is 5.02. The number of nitrogens with zero attached hydrogens (tertiary/aromatic N) is 2. The SMILES string of the molecule is Cc1cc(C)c(CC(=O)c2cnc(C)cn2)c(C)c1.